The van der Waals surface area contributed by atoms with E-state index >= 15 is 0 Å². The highest BCUT2D eigenvalue weighted by Gasteiger charge is 2.10. The van der Waals surface area contributed by atoms with Gasteiger partial charge in [-0.05, 0) is 37.3 Å². The number of rotatable bonds is 8. The molecule has 1 unspecified atom stereocenters. The van der Waals surface area contributed by atoms with Gasteiger partial charge in [-0.1, -0.05) is 44.2 Å². The van der Waals surface area contributed by atoms with Gasteiger partial charge in [0.15, 0.2) is 0 Å². The molecule has 0 aliphatic heterocycles. The van der Waals surface area contributed by atoms with Crippen LogP contribution in [0.1, 0.15) is 32.3 Å². The topological polar surface area (TPSA) is 32.3 Å². The average Bonchev–Trinajstić information content (AvgIpc) is 2.34. The van der Waals surface area contributed by atoms with Crippen molar-refractivity contribution < 1.29 is 5.11 Å². The lowest BCUT2D eigenvalue weighted by atomic mass is 10.0. The molecule has 1 rings (SSSR count). The first kappa shape index (κ1) is 14.2. The molecular formula is C15H25NO. The first-order valence-electron chi connectivity index (χ1n) is 6.62. The van der Waals surface area contributed by atoms with Crippen LogP contribution in [0.3, 0.4) is 0 Å². The maximum atomic E-state index is 8.98. The molecule has 0 bridgehead atoms. The summed E-state index contributed by atoms with van der Waals surface area (Å²) in [7, 11) is 0. The van der Waals surface area contributed by atoms with Crippen molar-refractivity contribution in [3.05, 3.63) is 35.9 Å². The maximum Gasteiger partial charge on any atom is 0.0445 e. The van der Waals surface area contributed by atoms with Crippen molar-refractivity contribution in [1.29, 1.82) is 0 Å². The van der Waals surface area contributed by atoms with E-state index in [-0.39, 0.29) is 6.61 Å². The Morgan fingerprint density at radius 3 is 2.47 bits per heavy atom. The Morgan fingerprint density at radius 1 is 1.18 bits per heavy atom. The minimum Gasteiger partial charge on any atom is -0.396 e. The van der Waals surface area contributed by atoms with Crippen LogP contribution >= 0.6 is 0 Å². The van der Waals surface area contributed by atoms with Gasteiger partial charge in [0.2, 0.25) is 0 Å². The zero-order valence-electron chi connectivity index (χ0n) is 11.0. The van der Waals surface area contributed by atoms with E-state index in [1.165, 1.54) is 5.56 Å². The molecule has 0 aliphatic rings. The lowest BCUT2D eigenvalue weighted by Crippen LogP contribution is -2.35. The van der Waals surface area contributed by atoms with Gasteiger partial charge in [-0.15, -0.1) is 0 Å². The van der Waals surface area contributed by atoms with Crippen LogP contribution in [0.15, 0.2) is 30.3 Å². The summed E-state index contributed by atoms with van der Waals surface area (Å²) in [6.07, 6.45) is 3.12. The summed E-state index contributed by atoms with van der Waals surface area (Å²) in [5, 5.41) is 12.5. The molecule has 0 amide bonds. The zero-order valence-corrected chi connectivity index (χ0v) is 11.0. The second kappa shape index (κ2) is 8.26. The van der Waals surface area contributed by atoms with Crippen LogP contribution in [-0.2, 0) is 6.42 Å². The fourth-order valence-electron chi connectivity index (χ4n) is 2.03. The third kappa shape index (κ3) is 5.85. The van der Waals surface area contributed by atoms with Crippen molar-refractivity contribution in [3.8, 4) is 0 Å². The number of hydrogen-bond donors (Lipinski definition) is 2. The van der Waals surface area contributed by atoms with Gasteiger partial charge in [0.05, 0.1) is 0 Å². The number of aryl methyl sites for hydroxylation is 1. The van der Waals surface area contributed by atoms with E-state index in [0.717, 1.165) is 25.8 Å². The molecular weight excluding hydrogens is 210 g/mol. The summed E-state index contributed by atoms with van der Waals surface area (Å²) in [5.74, 6) is 0.582. The number of benzene rings is 1. The van der Waals surface area contributed by atoms with Crippen molar-refractivity contribution in [3.63, 3.8) is 0 Å². The Morgan fingerprint density at radius 2 is 1.88 bits per heavy atom. The van der Waals surface area contributed by atoms with Crippen molar-refractivity contribution in [2.45, 2.75) is 39.2 Å². The SMILES string of the molecule is CC(C)C(CCO)NCCCc1ccccc1. The Labute approximate surface area is 105 Å². The summed E-state index contributed by atoms with van der Waals surface area (Å²) in [4.78, 5) is 0. The molecule has 0 spiro atoms. The molecule has 1 aromatic carbocycles. The van der Waals surface area contributed by atoms with E-state index in [0.29, 0.717) is 12.0 Å². The summed E-state index contributed by atoms with van der Waals surface area (Å²) < 4.78 is 0. The number of aliphatic hydroxyl groups excluding tert-OH is 1. The second-order valence-corrected chi connectivity index (χ2v) is 4.91. The molecule has 0 aliphatic carbocycles. The average molecular weight is 235 g/mol. The molecule has 0 saturated heterocycles. The van der Waals surface area contributed by atoms with Gasteiger partial charge in [-0.2, -0.15) is 0 Å². The summed E-state index contributed by atoms with van der Waals surface area (Å²) in [6, 6.07) is 11.0. The van der Waals surface area contributed by atoms with Crippen LogP contribution in [0.5, 0.6) is 0 Å². The van der Waals surface area contributed by atoms with Gasteiger partial charge in [0.1, 0.15) is 0 Å². The molecule has 2 nitrogen and oxygen atoms in total. The smallest absolute Gasteiger partial charge is 0.0445 e. The lowest BCUT2D eigenvalue weighted by molar-refractivity contribution is 0.244. The van der Waals surface area contributed by atoms with Gasteiger partial charge < -0.3 is 10.4 Å². The van der Waals surface area contributed by atoms with Gasteiger partial charge in [-0.3, -0.25) is 0 Å². The Kier molecular flexibility index (Phi) is 6.90. The van der Waals surface area contributed by atoms with E-state index in [9.17, 15) is 0 Å². The third-order valence-corrected chi connectivity index (χ3v) is 3.14. The molecule has 0 fully saturated rings. The molecule has 0 aromatic heterocycles. The van der Waals surface area contributed by atoms with Crippen LogP contribution in [0.25, 0.3) is 0 Å². The fourth-order valence-corrected chi connectivity index (χ4v) is 2.03. The molecule has 2 N–H and O–H groups in total. The van der Waals surface area contributed by atoms with E-state index < -0.39 is 0 Å². The highest BCUT2D eigenvalue weighted by molar-refractivity contribution is 5.14. The van der Waals surface area contributed by atoms with Crippen molar-refractivity contribution in [2.75, 3.05) is 13.2 Å². The fraction of sp³-hybridized carbons (Fsp3) is 0.600. The normalized spacial score (nSPS) is 12.9. The molecule has 1 atom stereocenters. The van der Waals surface area contributed by atoms with Crippen LogP contribution in [0.4, 0.5) is 0 Å². The molecule has 0 radical (unpaired) electrons. The molecule has 0 saturated carbocycles. The second-order valence-electron chi connectivity index (χ2n) is 4.91. The number of nitrogens with one attached hydrogen (secondary N) is 1. The number of aliphatic hydroxyl groups is 1. The van der Waals surface area contributed by atoms with Gasteiger partial charge in [0.25, 0.3) is 0 Å². The Hall–Kier alpha value is -0.860. The molecule has 1 aromatic rings. The van der Waals surface area contributed by atoms with Crippen LogP contribution in [0, 0.1) is 5.92 Å². The van der Waals surface area contributed by atoms with Crippen molar-refractivity contribution >= 4 is 0 Å². The molecule has 0 heterocycles. The first-order valence-corrected chi connectivity index (χ1v) is 6.62. The minimum absolute atomic E-state index is 0.272. The van der Waals surface area contributed by atoms with Gasteiger partial charge in [-0.25, -0.2) is 0 Å². The van der Waals surface area contributed by atoms with Gasteiger partial charge >= 0.3 is 0 Å². The van der Waals surface area contributed by atoms with E-state index in [4.69, 9.17) is 5.11 Å². The van der Waals surface area contributed by atoms with E-state index in [1.54, 1.807) is 0 Å². The van der Waals surface area contributed by atoms with Gasteiger partial charge in [0, 0.05) is 12.6 Å². The Bertz CT molecular complexity index is 284. The van der Waals surface area contributed by atoms with E-state index in [2.05, 4.69) is 49.5 Å². The molecule has 96 valence electrons. The first-order chi connectivity index (χ1) is 8.24. The highest BCUT2D eigenvalue weighted by Crippen LogP contribution is 2.06. The lowest BCUT2D eigenvalue weighted by Gasteiger charge is -2.21. The predicted octanol–water partition coefficient (Wildman–Crippen LogP) is 2.62. The quantitative estimate of drug-likeness (QED) is 0.679. The zero-order chi connectivity index (χ0) is 12.5. The van der Waals surface area contributed by atoms with Crippen molar-refractivity contribution in [2.24, 2.45) is 5.92 Å². The maximum absolute atomic E-state index is 8.98. The van der Waals surface area contributed by atoms with E-state index in [1.807, 2.05) is 0 Å². The van der Waals surface area contributed by atoms with Crippen molar-refractivity contribution in [1.82, 2.24) is 5.32 Å². The Balaban J connectivity index is 2.18. The van der Waals surface area contributed by atoms with Crippen LogP contribution < -0.4 is 5.32 Å². The summed E-state index contributed by atoms with van der Waals surface area (Å²) in [6.45, 7) is 5.70. The third-order valence-electron chi connectivity index (χ3n) is 3.14. The monoisotopic (exact) mass is 235 g/mol. The summed E-state index contributed by atoms with van der Waals surface area (Å²) in [5.41, 5.74) is 1.40. The minimum atomic E-state index is 0.272. The largest absolute Gasteiger partial charge is 0.396 e. The summed E-state index contributed by atoms with van der Waals surface area (Å²) >= 11 is 0. The molecule has 17 heavy (non-hydrogen) atoms. The standard InChI is InChI=1S/C15H25NO/c1-13(2)15(10-12-17)16-11-6-9-14-7-4-3-5-8-14/h3-5,7-8,13,15-17H,6,9-12H2,1-2H3. The molecule has 2 heteroatoms. The number of hydrogen-bond acceptors (Lipinski definition) is 2. The van der Waals surface area contributed by atoms with Crippen LogP contribution in [-0.4, -0.2) is 24.3 Å². The predicted molar refractivity (Wildman–Crippen MR) is 73.1 cm³/mol. The van der Waals surface area contributed by atoms with Crippen LogP contribution in [0.2, 0.25) is 0 Å². The highest BCUT2D eigenvalue weighted by atomic mass is 16.3.